The van der Waals surface area contributed by atoms with Crippen molar-refractivity contribution in [1.29, 1.82) is 0 Å². The number of phenols is 1. The second kappa shape index (κ2) is 6.34. The summed E-state index contributed by atoms with van der Waals surface area (Å²) in [4.78, 5) is 17.5. The van der Waals surface area contributed by atoms with Gasteiger partial charge in [-0.3, -0.25) is 0 Å². The van der Waals surface area contributed by atoms with Gasteiger partial charge in [0, 0.05) is 29.3 Å². The van der Waals surface area contributed by atoms with E-state index in [4.69, 9.17) is 4.74 Å². The molecule has 118 valence electrons. The van der Waals surface area contributed by atoms with Crippen LogP contribution >= 0.6 is 11.8 Å². The van der Waals surface area contributed by atoms with Gasteiger partial charge in [-0.2, -0.15) is 0 Å². The average Bonchev–Trinajstić information content (AvgIpc) is 2.93. The van der Waals surface area contributed by atoms with Gasteiger partial charge in [-0.15, -0.1) is 11.8 Å². The molecule has 0 radical (unpaired) electrons. The van der Waals surface area contributed by atoms with Gasteiger partial charge in [0.05, 0.1) is 24.5 Å². The maximum atomic E-state index is 12.1. The summed E-state index contributed by atoms with van der Waals surface area (Å²) in [6.45, 7) is 0. The fraction of sp³-hybridized carbons (Fsp3) is 0.176. The van der Waals surface area contributed by atoms with Crippen molar-refractivity contribution in [2.75, 3.05) is 7.11 Å². The number of methoxy groups -OCH3 is 1. The van der Waals surface area contributed by atoms with Crippen LogP contribution in [0.5, 0.6) is 5.75 Å². The molecule has 0 amide bonds. The number of rotatable bonds is 4. The molecule has 1 N–H and O–H groups in total. The van der Waals surface area contributed by atoms with Crippen LogP contribution < -0.4 is 0 Å². The minimum absolute atomic E-state index is 0.0865. The van der Waals surface area contributed by atoms with Crippen molar-refractivity contribution in [1.82, 2.24) is 9.55 Å². The van der Waals surface area contributed by atoms with Crippen molar-refractivity contribution in [3.05, 3.63) is 53.9 Å². The quantitative estimate of drug-likeness (QED) is 0.588. The van der Waals surface area contributed by atoms with E-state index in [-0.39, 0.29) is 11.3 Å². The molecule has 0 aliphatic heterocycles. The molecule has 3 aromatic rings. The van der Waals surface area contributed by atoms with Gasteiger partial charge in [-0.25, -0.2) is 9.78 Å². The lowest BCUT2D eigenvalue weighted by Gasteiger charge is -2.11. The number of aromatic nitrogens is 2. The number of thioether (sulfide) groups is 1. The maximum Gasteiger partial charge on any atom is 0.342 e. The first-order valence-corrected chi connectivity index (χ1v) is 8.02. The van der Waals surface area contributed by atoms with E-state index < -0.39 is 5.97 Å². The lowest BCUT2D eigenvalue weighted by Crippen LogP contribution is -2.07. The van der Waals surface area contributed by atoms with Crippen molar-refractivity contribution < 1.29 is 14.6 Å². The molecular formula is C17H16N2O3S. The predicted molar refractivity (Wildman–Crippen MR) is 89.7 cm³/mol. The number of fused-ring (bicyclic) bond motifs is 1. The fourth-order valence-electron chi connectivity index (χ4n) is 2.46. The van der Waals surface area contributed by atoms with Gasteiger partial charge in [0.1, 0.15) is 11.3 Å². The Morgan fingerprint density at radius 3 is 2.78 bits per heavy atom. The normalized spacial score (nSPS) is 10.9. The van der Waals surface area contributed by atoms with Crippen molar-refractivity contribution in [2.24, 2.45) is 7.05 Å². The Balaban J connectivity index is 2.09. The van der Waals surface area contributed by atoms with E-state index in [1.165, 1.54) is 7.11 Å². The highest BCUT2D eigenvalue weighted by Crippen LogP contribution is 2.34. The third-order valence-electron chi connectivity index (χ3n) is 3.62. The summed E-state index contributed by atoms with van der Waals surface area (Å²) in [5.41, 5.74) is 2.34. The van der Waals surface area contributed by atoms with E-state index in [9.17, 15) is 9.90 Å². The molecule has 23 heavy (non-hydrogen) atoms. The van der Waals surface area contributed by atoms with Gasteiger partial charge >= 0.3 is 5.97 Å². The molecule has 0 spiro atoms. The van der Waals surface area contributed by atoms with E-state index >= 15 is 0 Å². The summed E-state index contributed by atoms with van der Waals surface area (Å²) in [5, 5.41) is 10.3. The van der Waals surface area contributed by atoms with Crippen LogP contribution in [0, 0.1) is 0 Å². The summed E-state index contributed by atoms with van der Waals surface area (Å²) in [6, 6.07) is 11.4. The van der Waals surface area contributed by atoms with Crippen LogP contribution in [0.15, 0.2) is 47.6 Å². The molecule has 0 saturated carbocycles. The van der Waals surface area contributed by atoms with Gasteiger partial charge in [-0.1, -0.05) is 18.2 Å². The number of nitrogens with zero attached hydrogens (tertiary/aromatic N) is 2. The maximum absolute atomic E-state index is 12.1. The summed E-state index contributed by atoms with van der Waals surface area (Å²) in [6.07, 6.45) is 1.67. The lowest BCUT2D eigenvalue weighted by atomic mass is 10.1. The van der Waals surface area contributed by atoms with Crippen molar-refractivity contribution in [3.8, 4) is 5.75 Å². The summed E-state index contributed by atoms with van der Waals surface area (Å²) < 4.78 is 6.64. The minimum Gasteiger partial charge on any atom is -0.507 e. The molecule has 0 aliphatic rings. The summed E-state index contributed by atoms with van der Waals surface area (Å²) in [7, 11) is 3.15. The Labute approximate surface area is 137 Å². The molecular weight excluding hydrogens is 312 g/mol. The molecule has 0 atom stereocenters. The lowest BCUT2D eigenvalue weighted by molar-refractivity contribution is 0.0596. The zero-order chi connectivity index (χ0) is 16.4. The standard InChI is InChI=1S/C17H16N2O3S/c1-19-10-18-16-12(9-23-11-6-4-3-5-7-11)15(17(21)22-2)14(20)8-13(16)19/h3-8,10,20H,9H2,1-2H3. The Morgan fingerprint density at radius 2 is 2.09 bits per heavy atom. The first-order chi connectivity index (χ1) is 11.1. The molecule has 0 bridgehead atoms. The van der Waals surface area contributed by atoms with E-state index in [0.717, 1.165) is 10.4 Å². The highest BCUT2D eigenvalue weighted by Gasteiger charge is 2.22. The highest BCUT2D eigenvalue weighted by atomic mass is 32.2. The largest absolute Gasteiger partial charge is 0.507 e. The van der Waals surface area contributed by atoms with Crippen LogP contribution in [-0.4, -0.2) is 27.7 Å². The van der Waals surface area contributed by atoms with E-state index in [1.54, 1.807) is 24.2 Å². The van der Waals surface area contributed by atoms with Crippen LogP contribution in [-0.2, 0) is 17.5 Å². The monoisotopic (exact) mass is 328 g/mol. The third-order valence-corrected chi connectivity index (χ3v) is 4.65. The number of hydrogen-bond donors (Lipinski definition) is 1. The van der Waals surface area contributed by atoms with E-state index in [2.05, 4.69) is 4.98 Å². The topological polar surface area (TPSA) is 64.3 Å². The van der Waals surface area contributed by atoms with Gasteiger partial charge < -0.3 is 14.4 Å². The molecule has 5 nitrogen and oxygen atoms in total. The number of imidazole rings is 1. The highest BCUT2D eigenvalue weighted by molar-refractivity contribution is 7.98. The average molecular weight is 328 g/mol. The number of ether oxygens (including phenoxy) is 1. The van der Waals surface area contributed by atoms with Crippen molar-refractivity contribution in [3.63, 3.8) is 0 Å². The van der Waals surface area contributed by atoms with Crippen molar-refractivity contribution in [2.45, 2.75) is 10.6 Å². The first kappa shape index (κ1) is 15.4. The predicted octanol–water partition coefficient (Wildman–Crippen LogP) is 3.36. The van der Waals surface area contributed by atoms with Crippen LogP contribution in [0.4, 0.5) is 0 Å². The smallest absolute Gasteiger partial charge is 0.342 e. The Bertz CT molecular complexity index is 859. The number of phenolic OH excluding ortho intramolecular Hbond substituents is 1. The molecule has 2 aromatic carbocycles. The Hall–Kier alpha value is -2.47. The van der Waals surface area contributed by atoms with Crippen LogP contribution in [0.2, 0.25) is 0 Å². The molecule has 3 rings (SSSR count). The second-order valence-corrected chi connectivity index (χ2v) is 6.11. The number of aryl methyl sites for hydroxylation is 1. The number of carbonyl (C=O) groups excluding carboxylic acids is 1. The van der Waals surface area contributed by atoms with Gasteiger partial charge in [-0.05, 0) is 12.1 Å². The third kappa shape index (κ3) is 2.90. The fourth-order valence-corrected chi connectivity index (χ4v) is 3.40. The van der Waals surface area contributed by atoms with Gasteiger partial charge in [0.25, 0.3) is 0 Å². The number of aromatic hydroxyl groups is 1. The SMILES string of the molecule is COC(=O)c1c(O)cc2c(ncn2C)c1CSc1ccccc1. The molecule has 0 aliphatic carbocycles. The van der Waals surface area contributed by atoms with Crippen LogP contribution in [0.3, 0.4) is 0 Å². The second-order valence-electron chi connectivity index (χ2n) is 5.07. The zero-order valence-electron chi connectivity index (χ0n) is 12.8. The van der Waals surface area contributed by atoms with Crippen molar-refractivity contribution >= 4 is 28.8 Å². The van der Waals surface area contributed by atoms with Crippen LogP contribution in [0.25, 0.3) is 11.0 Å². The number of esters is 1. The summed E-state index contributed by atoms with van der Waals surface area (Å²) >= 11 is 1.58. The molecule has 6 heteroatoms. The van der Waals surface area contributed by atoms with Crippen LogP contribution in [0.1, 0.15) is 15.9 Å². The molecule has 0 unspecified atom stereocenters. The number of hydrogen-bond acceptors (Lipinski definition) is 5. The zero-order valence-corrected chi connectivity index (χ0v) is 13.6. The number of benzene rings is 2. The Kier molecular flexibility index (Phi) is 4.25. The van der Waals surface area contributed by atoms with E-state index in [1.807, 2.05) is 41.9 Å². The Morgan fingerprint density at radius 1 is 1.35 bits per heavy atom. The molecule has 1 heterocycles. The minimum atomic E-state index is -0.557. The summed E-state index contributed by atoms with van der Waals surface area (Å²) in [5.74, 6) is -0.133. The van der Waals surface area contributed by atoms with Gasteiger partial charge in [0.15, 0.2) is 0 Å². The molecule has 0 saturated heterocycles. The molecule has 0 fully saturated rings. The first-order valence-electron chi connectivity index (χ1n) is 7.04. The number of carbonyl (C=O) groups is 1. The molecule has 1 aromatic heterocycles. The van der Waals surface area contributed by atoms with Gasteiger partial charge in [0.2, 0.25) is 0 Å². The van der Waals surface area contributed by atoms with E-state index in [0.29, 0.717) is 16.8 Å².